The number of rotatable bonds is 9. The number of anilines is 3. The smallest absolute Gasteiger partial charge is 0.180 e. The molecular formula is C57H47NO9S3. The van der Waals surface area contributed by atoms with Crippen LogP contribution in [0.25, 0.3) is 46.7 Å². The number of thiophene rings is 2. The number of nitrogens with zero attached hydrogens (tertiary/aromatic N) is 1. The Morgan fingerprint density at radius 3 is 1.24 bits per heavy atom. The molecule has 2 unspecified atom stereocenters. The van der Waals surface area contributed by atoms with Crippen LogP contribution < -0.4 is 23.8 Å². The third-order valence-electron chi connectivity index (χ3n) is 13.0. The lowest BCUT2D eigenvalue weighted by atomic mass is 10.00. The molecule has 6 heterocycles. The van der Waals surface area contributed by atoms with Gasteiger partial charge in [-0.05, 0) is 168 Å². The van der Waals surface area contributed by atoms with Gasteiger partial charge in [-0.3, -0.25) is 0 Å². The fraction of sp³-hybridized carbons (Fsp3) is 0.193. The van der Waals surface area contributed by atoms with Crippen LogP contribution in [-0.4, -0.2) is 61.1 Å². The van der Waals surface area contributed by atoms with Gasteiger partial charge in [0, 0.05) is 17.1 Å². The van der Waals surface area contributed by atoms with Crippen LogP contribution in [0.15, 0.2) is 133 Å². The van der Waals surface area contributed by atoms with Crippen molar-refractivity contribution in [1.82, 2.24) is 0 Å². The van der Waals surface area contributed by atoms with Crippen LogP contribution in [0.4, 0.5) is 17.1 Å². The second kappa shape index (κ2) is 18.1. The van der Waals surface area contributed by atoms with Gasteiger partial charge < -0.3 is 48.6 Å². The van der Waals surface area contributed by atoms with Crippen molar-refractivity contribution in [1.29, 1.82) is 0 Å². The summed E-state index contributed by atoms with van der Waals surface area (Å²) in [6, 6.07) is 41.6. The van der Waals surface area contributed by atoms with Crippen LogP contribution in [-0.2, 0) is 9.47 Å². The molecule has 8 aromatic rings. The van der Waals surface area contributed by atoms with Crippen molar-refractivity contribution in [2.45, 2.75) is 32.1 Å². The molecule has 1 fully saturated rings. The minimum absolute atomic E-state index is 0.0177. The summed E-state index contributed by atoms with van der Waals surface area (Å²) in [5.74, 6) is 4.44. The van der Waals surface area contributed by atoms with Gasteiger partial charge in [-0.15, -0.1) is 34.4 Å². The van der Waals surface area contributed by atoms with Crippen LogP contribution in [0.3, 0.4) is 0 Å². The number of benzene rings is 6. The van der Waals surface area contributed by atoms with E-state index in [2.05, 4.69) is 80.3 Å². The molecule has 0 spiro atoms. The van der Waals surface area contributed by atoms with Gasteiger partial charge in [0.1, 0.15) is 62.1 Å². The molecule has 0 radical (unpaired) electrons. The number of aromatic hydroxyl groups is 3. The van der Waals surface area contributed by atoms with Crippen molar-refractivity contribution in [3.05, 3.63) is 161 Å². The lowest BCUT2D eigenvalue weighted by Crippen LogP contribution is -2.28. The molecule has 12 rings (SSSR count). The Balaban J connectivity index is 0.959. The molecule has 13 heteroatoms. The second-order valence-corrected chi connectivity index (χ2v) is 20.8. The van der Waals surface area contributed by atoms with E-state index >= 15 is 0 Å². The van der Waals surface area contributed by atoms with Crippen molar-refractivity contribution in [2.24, 2.45) is 0 Å². The molecule has 1 saturated heterocycles. The topological polar surface area (TPSA) is 119 Å². The standard InChI is InChI=1S/C57H47NO9S3/c1-31-28-37(55-49-46(62-22-25-65-49)52(68-55)34-4-13-40(59)14-5-34)10-19-43(31)58(44-20-11-38(29-32(44)2)56-50-47(63-23-26-66-50)53(69-56)35-6-15-41(60)16-7-35)45-21-12-39(30-33(45)3)57-51-48(64-24-27-67-51)54(70-57)36-8-17-42(61)18-9-36/h4-21,28-30,46,52,59-61H,22-27H2,1-3H3. The molecular weight excluding hydrogens is 939 g/mol. The fourth-order valence-electron chi connectivity index (χ4n) is 9.69. The highest BCUT2D eigenvalue weighted by molar-refractivity contribution is 8.08. The van der Waals surface area contributed by atoms with E-state index in [1.54, 1.807) is 70.8 Å². The van der Waals surface area contributed by atoms with Gasteiger partial charge in [-0.25, -0.2) is 0 Å². The van der Waals surface area contributed by atoms with Crippen molar-refractivity contribution >= 4 is 56.4 Å². The van der Waals surface area contributed by atoms with Gasteiger partial charge in [-0.2, -0.15) is 0 Å². The summed E-state index contributed by atoms with van der Waals surface area (Å²) < 4.78 is 37.9. The average Bonchev–Trinajstić information content (AvgIpc) is 4.09. The summed E-state index contributed by atoms with van der Waals surface area (Å²) in [7, 11) is 0. The average molecular weight is 986 g/mol. The molecule has 0 bridgehead atoms. The van der Waals surface area contributed by atoms with Gasteiger partial charge in [0.2, 0.25) is 0 Å². The molecule has 0 saturated carbocycles. The maximum absolute atomic E-state index is 10.1. The minimum atomic E-state index is -0.233. The molecule has 0 amide bonds. The predicted molar refractivity (Wildman–Crippen MR) is 279 cm³/mol. The predicted octanol–water partition coefficient (Wildman–Crippen LogP) is 14.1. The van der Waals surface area contributed by atoms with Gasteiger partial charge >= 0.3 is 0 Å². The van der Waals surface area contributed by atoms with Crippen LogP contribution in [0.5, 0.6) is 40.2 Å². The molecule has 2 aromatic heterocycles. The molecule has 4 aliphatic rings. The Hall–Kier alpha value is -7.03. The van der Waals surface area contributed by atoms with E-state index in [9.17, 15) is 15.3 Å². The fourth-order valence-corrected chi connectivity index (χ4v) is 13.5. The number of hydrogen-bond donors (Lipinski definition) is 3. The number of thioether (sulfide) groups is 1. The molecule has 2 atom stereocenters. The Kier molecular flexibility index (Phi) is 11.4. The van der Waals surface area contributed by atoms with Crippen molar-refractivity contribution in [2.75, 3.05) is 44.5 Å². The van der Waals surface area contributed by atoms with Crippen LogP contribution in [0.1, 0.15) is 33.1 Å². The molecule has 6 aromatic carbocycles. The molecule has 10 nitrogen and oxygen atoms in total. The molecule has 0 aliphatic carbocycles. The lowest BCUT2D eigenvalue weighted by Gasteiger charge is -2.30. The summed E-state index contributed by atoms with van der Waals surface area (Å²) >= 11 is 5.00. The third kappa shape index (κ3) is 7.87. The normalized spacial score (nSPS) is 17.0. The molecule has 352 valence electrons. The number of phenols is 3. The van der Waals surface area contributed by atoms with E-state index < -0.39 is 0 Å². The summed E-state index contributed by atoms with van der Waals surface area (Å²) in [5.41, 5.74) is 12.3. The maximum Gasteiger partial charge on any atom is 0.180 e. The van der Waals surface area contributed by atoms with Crippen LogP contribution >= 0.6 is 34.4 Å². The zero-order valence-corrected chi connectivity index (χ0v) is 40.9. The SMILES string of the molecule is Cc1cc(C2=C3OCCOC3C(c3ccc(O)cc3)S2)ccc1N(c1ccc(-c2sc(-c3ccc(O)cc3)c3c2OCCO3)cc1C)c1ccc(-c2sc(-c3ccc(O)cc3)c3c2OCCO3)cc1C. The minimum Gasteiger partial charge on any atom is -0.508 e. The van der Waals surface area contributed by atoms with Crippen molar-refractivity contribution < 1.29 is 43.7 Å². The molecule has 3 N–H and O–H groups in total. The Bertz CT molecular complexity index is 3190. The second-order valence-electron chi connectivity index (χ2n) is 17.6. The van der Waals surface area contributed by atoms with Crippen molar-refractivity contribution in [3.63, 3.8) is 0 Å². The van der Waals surface area contributed by atoms with Gasteiger partial charge in [0.05, 0.1) is 36.3 Å². The quantitative estimate of drug-likeness (QED) is 0.128. The first-order chi connectivity index (χ1) is 34.2. The monoisotopic (exact) mass is 985 g/mol. The molecule has 4 aliphatic heterocycles. The van der Waals surface area contributed by atoms with E-state index in [1.165, 1.54) is 0 Å². The summed E-state index contributed by atoms with van der Waals surface area (Å²) in [6.07, 6.45) is -0.233. The maximum atomic E-state index is 10.1. The Morgan fingerprint density at radius 2 is 0.800 bits per heavy atom. The first kappa shape index (κ1) is 44.2. The first-order valence-corrected chi connectivity index (χ1v) is 25.7. The highest BCUT2D eigenvalue weighted by Gasteiger charge is 2.42. The lowest BCUT2D eigenvalue weighted by molar-refractivity contribution is -0.0392. The van der Waals surface area contributed by atoms with Gasteiger partial charge in [0.25, 0.3) is 0 Å². The van der Waals surface area contributed by atoms with Gasteiger partial charge in [0.15, 0.2) is 23.0 Å². The number of hydrogen-bond acceptors (Lipinski definition) is 13. The van der Waals surface area contributed by atoms with E-state index in [1.807, 2.05) is 36.4 Å². The van der Waals surface area contributed by atoms with Crippen molar-refractivity contribution in [3.8, 4) is 82.0 Å². The molecule has 70 heavy (non-hydrogen) atoms. The van der Waals surface area contributed by atoms with Gasteiger partial charge in [-0.1, -0.05) is 30.3 Å². The summed E-state index contributed by atoms with van der Waals surface area (Å²) in [6.45, 7) is 9.33. The largest absolute Gasteiger partial charge is 0.508 e. The highest BCUT2D eigenvalue weighted by Crippen LogP contribution is 2.58. The van der Waals surface area contributed by atoms with E-state index in [0.717, 1.165) is 120 Å². The van der Waals surface area contributed by atoms with Crippen LogP contribution in [0, 0.1) is 20.8 Å². The summed E-state index contributed by atoms with van der Waals surface area (Å²) in [4.78, 5) is 7.30. The van der Waals surface area contributed by atoms with Crippen LogP contribution in [0.2, 0.25) is 0 Å². The highest BCUT2D eigenvalue weighted by atomic mass is 32.2. The summed E-state index contributed by atoms with van der Waals surface area (Å²) in [5, 5.41) is 30.1. The Labute approximate surface area is 417 Å². The number of ether oxygens (including phenoxy) is 6. The first-order valence-electron chi connectivity index (χ1n) is 23.2. The zero-order chi connectivity index (χ0) is 47.6. The van der Waals surface area contributed by atoms with E-state index in [4.69, 9.17) is 28.4 Å². The van der Waals surface area contributed by atoms with E-state index in [0.29, 0.717) is 39.6 Å². The Morgan fingerprint density at radius 1 is 0.429 bits per heavy atom. The third-order valence-corrected chi connectivity index (χ3v) is 17.0. The number of fused-ring (bicyclic) bond motifs is 3. The zero-order valence-electron chi connectivity index (χ0n) is 38.5. The number of phenolic OH excluding ortho intramolecular Hbond substituents is 3. The number of aryl methyl sites for hydroxylation is 3. The van der Waals surface area contributed by atoms with E-state index in [-0.39, 0.29) is 28.6 Å².